The van der Waals surface area contributed by atoms with Crippen molar-refractivity contribution in [1.29, 1.82) is 0 Å². The molecular formula is C20H20FN5O2. The number of carbonyl (C=O) groups excluding carboxylic acids is 1. The average molecular weight is 381 g/mol. The number of hydrogen-bond acceptors (Lipinski definition) is 5. The van der Waals surface area contributed by atoms with E-state index in [0.29, 0.717) is 16.7 Å². The first-order chi connectivity index (χ1) is 13.6. The SMILES string of the molecule is CC[C@@]12C[C@@H]1[C@@H](n1cnc3c(NC(=O)c4ccccc4)ncnc31)[C@H](F)[C@@H]2O. The van der Waals surface area contributed by atoms with Crippen LogP contribution < -0.4 is 5.32 Å². The monoisotopic (exact) mass is 381 g/mol. The molecule has 5 atom stereocenters. The molecule has 0 unspecified atom stereocenters. The Morgan fingerprint density at radius 3 is 2.82 bits per heavy atom. The Bertz CT molecular complexity index is 1060. The summed E-state index contributed by atoms with van der Waals surface area (Å²) < 4.78 is 16.6. The van der Waals surface area contributed by atoms with E-state index in [0.717, 1.165) is 12.8 Å². The van der Waals surface area contributed by atoms with Crippen LogP contribution in [-0.2, 0) is 0 Å². The van der Waals surface area contributed by atoms with Gasteiger partial charge in [-0.3, -0.25) is 4.79 Å². The van der Waals surface area contributed by atoms with Crippen molar-refractivity contribution in [2.45, 2.75) is 38.1 Å². The molecule has 2 heterocycles. The summed E-state index contributed by atoms with van der Waals surface area (Å²) >= 11 is 0. The minimum absolute atomic E-state index is 0.0669. The Morgan fingerprint density at radius 1 is 1.32 bits per heavy atom. The lowest BCUT2D eigenvalue weighted by atomic mass is 9.97. The molecule has 0 radical (unpaired) electrons. The molecule has 5 rings (SSSR count). The molecule has 2 aliphatic rings. The van der Waals surface area contributed by atoms with E-state index in [1.165, 1.54) is 12.7 Å². The van der Waals surface area contributed by atoms with Gasteiger partial charge in [-0.1, -0.05) is 25.1 Å². The van der Waals surface area contributed by atoms with Gasteiger partial charge in [-0.15, -0.1) is 0 Å². The molecule has 0 spiro atoms. The van der Waals surface area contributed by atoms with Crippen molar-refractivity contribution >= 4 is 22.9 Å². The smallest absolute Gasteiger partial charge is 0.256 e. The molecule has 2 saturated carbocycles. The van der Waals surface area contributed by atoms with E-state index in [2.05, 4.69) is 20.3 Å². The van der Waals surface area contributed by atoms with Gasteiger partial charge in [0.1, 0.15) is 12.5 Å². The van der Waals surface area contributed by atoms with Gasteiger partial charge < -0.3 is 15.0 Å². The van der Waals surface area contributed by atoms with Crippen molar-refractivity contribution in [2.24, 2.45) is 11.3 Å². The summed E-state index contributed by atoms with van der Waals surface area (Å²) in [6, 6.07) is 8.30. The van der Waals surface area contributed by atoms with Crippen LogP contribution in [0, 0.1) is 11.3 Å². The first-order valence-corrected chi connectivity index (χ1v) is 9.43. The highest BCUT2D eigenvalue weighted by atomic mass is 19.1. The number of nitrogens with zero attached hydrogens (tertiary/aromatic N) is 4. The lowest BCUT2D eigenvalue weighted by molar-refractivity contribution is 0.0296. The van der Waals surface area contributed by atoms with Crippen LogP contribution in [0.2, 0.25) is 0 Å². The van der Waals surface area contributed by atoms with E-state index < -0.39 is 18.3 Å². The highest BCUT2D eigenvalue weighted by Crippen LogP contribution is 2.70. The summed E-state index contributed by atoms with van der Waals surface area (Å²) in [4.78, 5) is 25.2. The van der Waals surface area contributed by atoms with Crippen LogP contribution in [-0.4, -0.2) is 42.8 Å². The van der Waals surface area contributed by atoms with Crippen LogP contribution in [0.25, 0.3) is 11.2 Å². The number of imidazole rings is 1. The van der Waals surface area contributed by atoms with Gasteiger partial charge in [0.05, 0.1) is 18.5 Å². The van der Waals surface area contributed by atoms with E-state index >= 15 is 0 Å². The molecule has 0 aliphatic heterocycles. The molecule has 1 amide bonds. The van der Waals surface area contributed by atoms with Gasteiger partial charge in [-0.2, -0.15) is 0 Å². The molecule has 1 aromatic carbocycles. The largest absolute Gasteiger partial charge is 0.389 e. The third-order valence-corrected chi connectivity index (χ3v) is 6.41. The second-order valence-electron chi connectivity index (χ2n) is 7.64. The Morgan fingerprint density at radius 2 is 2.11 bits per heavy atom. The van der Waals surface area contributed by atoms with Crippen molar-refractivity contribution in [3.05, 3.63) is 48.5 Å². The minimum Gasteiger partial charge on any atom is -0.389 e. The van der Waals surface area contributed by atoms with E-state index in [9.17, 15) is 14.3 Å². The fraction of sp³-hybridized carbons (Fsp3) is 0.400. The number of halogens is 1. The highest BCUT2D eigenvalue weighted by Gasteiger charge is 2.71. The van der Waals surface area contributed by atoms with Crippen molar-refractivity contribution < 1.29 is 14.3 Å². The zero-order chi connectivity index (χ0) is 19.5. The standard InChI is InChI=1S/C20H20FN5O2/c1-2-20-8-12(20)15(13(21)16(20)27)26-10-24-14-17(22-9-23-18(14)26)25-19(28)11-6-4-3-5-7-11/h3-7,9-10,12-13,15-16,27H,2,8H2,1H3,(H,22,23,25,28)/t12-,13+,15-,16+,20-/m1/s1. The fourth-order valence-corrected chi connectivity index (χ4v) is 4.77. The molecule has 2 N–H and O–H groups in total. The van der Waals surface area contributed by atoms with Crippen molar-refractivity contribution in [3.63, 3.8) is 0 Å². The predicted octanol–water partition coefficient (Wildman–Crippen LogP) is 2.75. The average Bonchev–Trinajstić information content (AvgIpc) is 3.23. The van der Waals surface area contributed by atoms with Gasteiger partial charge in [-0.25, -0.2) is 19.3 Å². The first-order valence-electron chi connectivity index (χ1n) is 9.43. The number of carbonyl (C=O) groups is 1. The molecule has 28 heavy (non-hydrogen) atoms. The molecule has 0 bridgehead atoms. The number of nitrogens with one attached hydrogen (secondary N) is 1. The second-order valence-corrected chi connectivity index (χ2v) is 7.64. The van der Waals surface area contributed by atoms with Crippen LogP contribution in [0.3, 0.4) is 0 Å². The quantitative estimate of drug-likeness (QED) is 0.725. The van der Waals surface area contributed by atoms with E-state index in [1.54, 1.807) is 28.8 Å². The number of hydrogen-bond donors (Lipinski definition) is 2. The molecule has 7 nitrogen and oxygen atoms in total. The summed E-state index contributed by atoms with van der Waals surface area (Å²) in [5.74, 6) is 0.0448. The zero-order valence-corrected chi connectivity index (χ0v) is 15.3. The van der Waals surface area contributed by atoms with Gasteiger partial charge in [0.15, 0.2) is 17.0 Å². The Kier molecular flexibility index (Phi) is 3.74. The Labute approximate surface area is 160 Å². The molecule has 144 valence electrons. The fourth-order valence-electron chi connectivity index (χ4n) is 4.77. The van der Waals surface area contributed by atoms with Gasteiger partial charge >= 0.3 is 0 Å². The number of rotatable bonds is 4. The molecular weight excluding hydrogens is 361 g/mol. The number of aliphatic hydroxyl groups is 1. The summed E-state index contributed by atoms with van der Waals surface area (Å²) in [7, 11) is 0. The van der Waals surface area contributed by atoms with Crippen molar-refractivity contribution in [3.8, 4) is 0 Å². The summed E-state index contributed by atoms with van der Waals surface area (Å²) in [6.45, 7) is 1.99. The normalized spacial score (nSPS) is 31.0. The molecule has 2 aromatic heterocycles. The topological polar surface area (TPSA) is 92.9 Å². The van der Waals surface area contributed by atoms with E-state index in [-0.39, 0.29) is 23.1 Å². The van der Waals surface area contributed by atoms with E-state index in [1.807, 2.05) is 13.0 Å². The van der Waals surface area contributed by atoms with E-state index in [4.69, 9.17) is 0 Å². The van der Waals surface area contributed by atoms with Crippen LogP contribution >= 0.6 is 0 Å². The maximum absolute atomic E-state index is 14.9. The van der Waals surface area contributed by atoms with Gasteiger partial charge in [0, 0.05) is 11.0 Å². The maximum atomic E-state index is 14.9. The van der Waals surface area contributed by atoms with Crippen LogP contribution in [0.4, 0.5) is 10.2 Å². The third-order valence-electron chi connectivity index (χ3n) is 6.41. The Hall–Kier alpha value is -2.87. The van der Waals surface area contributed by atoms with Crippen LogP contribution in [0.1, 0.15) is 36.2 Å². The van der Waals surface area contributed by atoms with Gasteiger partial charge in [-0.05, 0) is 30.9 Å². The number of fused-ring (bicyclic) bond motifs is 2. The summed E-state index contributed by atoms with van der Waals surface area (Å²) in [5.41, 5.74) is 1.03. The third kappa shape index (κ3) is 2.30. The lowest BCUT2D eigenvalue weighted by Crippen LogP contribution is -2.30. The maximum Gasteiger partial charge on any atom is 0.256 e. The minimum atomic E-state index is -1.37. The predicted molar refractivity (Wildman–Crippen MR) is 100 cm³/mol. The number of alkyl halides is 1. The molecule has 0 saturated heterocycles. The number of aromatic nitrogens is 4. The molecule has 3 aromatic rings. The number of anilines is 1. The van der Waals surface area contributed by atoms with Crippen LogP contribution in [0.15, 0.2) is 43.0 Å². The first kappa shape index (κ1) is 17.2. The van der Waals surface area contributed by atoms with Gasteiger partial charge in [0.2, 0.25) is 0 Å². The zero-order valence-electron chi connectivity index (χ0n) is 15.3. The molecule has 2 aliphatic carbocycles. The van der Waals surface area contributed by atoms with Crippen LogP contribution in [0.5, 0.6) is 0 Å². The van der Waals surface area contributed by atoms with Crippen molar-refractivity contribution in [1.82, 2.24) is 19.5 Å². The lowest BCUT2D eigenvalue weighted by Gasteiger charge is -2.21. The molecule has 2 fully saturated rings. The number of aliphatic hydroxyl groups excluding tert-OH is 1. The Balaban J connectivity index is 1.49. The molecule has 8 heteroatoms. The summed E-state index contributed by atoms with van der Waals surface area (Å²) in [6.07, 6.45) is 2.08. The summed E-state index contributed by atoms with van der Waals surface area (Å²) in [5, 5.41) is 13.2. The van der Waals surface area contributed by atoms with Crippen molar-refractivity contribution in [2.75, 3.05) is 5.32 Å². The number of amides is 1. The second kappa shape index (κ2) is 6.07. The highest BCUT2D eigenvalue weighted by molar-refractivity contribution is 6.06. The van der Waals surface area contributed by atoms with Gasteiger partial charge in [0.25, 0.3) is 5.91 Å². The number of benzene rings is 1.